The van der Waals surface area contributed by atoms with Gasteiger partial charge in [-0.2, -0.15) is 0 Å². The monoisotopic (exact) mass is 819 g/mol. The van der Waals surface area contributed by atoms with Crippen molar-refractivity contribution in [2.24, 2.45) is 45.3 Å². The van der Waals surface area contributed by atoms with E-state index in [9.17, 15) is 56.2 Å². The number of rotatable bonds is 12. The molecule has 6 aliphatic rings. The van der Waals surface area contributed by atoms with E-state index in [-0.39, 0.29) is 34.7 Å². The van der Waals surface area contributed by atoms with Crippen LogP contribution in [0.3, 0.4) is 0 Å². The standard InChI is InChI=1S/C42H74O15/c1-37(2,52)27(45)12-17-42(7,53)22-10-15-40(5)21(22)8-9-26-38(3)14-13-28(39(4,20-44)25(38)11-16-41(26,40)6)57-36-34(51)32(49)30(47)24(56-36)19-54-35-33(50)31(48)29(46)23(18-43)55-35/h21-36,43-53H,8-20H2,1-7H3/t21?,22?,23-,24-,25?,26?,27?,28?,29-,30-,31+,32+,33-,34-,35-,36+,38?,39?,40?,41?,42?/m1/s1. The molecule has 0 radical (unpaired) electrons. The highest BCUT2D eigenvalue weighted by atomic mass is 16.7. The Labute approximate surface area is 337 Å². The molecule has 11 N–H and O–H groups in total. The lowest BCUT2D eigenvalue weighted by Gasteiger charge is -2.70. The van der Waals surface area contributed by atoms with Crippen molar-refractivity contribution >= 4 is 0 Å². The Bertz CT molecular complexity index is 1380. The van der Waals surface area contributed by atoms with Gasteiger partial charge in [-0.25, -0.2) is 0 Å². The molecule has 4 aliphatic carbocycles. The average Bonchev–Trinajstić information content (AvgIpc) is 3.52. The predicted molar refractivity (Wildman–Crippen MR) is 204 cm³/mol. The van der Waals surface area contributed by atoms with Crippen molar-refractivity contribution in [3.63, 3.8) is 0 Å². The summed E-state index contributed by atoms with van der Waals surface area (Å²) in [6, 6.07) is 0. The summed E-state index contributed by atoms with van der Waals surface area (Å²) in [4.78, 5) is 0. The molecule has 15 heteroatoms. The van der Waals surface area contributed by atoms with Crippen LogP contribution in [0.15, 0.2) is 0 Å². The maximum absolute atomic E-state index is 11.9. The zero-order valence-corrected chi connectivity index (χ0v) is 35.0. The summed E-state index contributed by atoms with van der Waals surface area (Å²) in [5.41, 5.74) is -3.18. The fraction of sp³-hybridized carbons (Fsp3) is 1.00. The van der Waals surface area contributed by atoms with Crippen LogP contribution in [-0.2, 0) is 18.9 Å². The number of aliphatic hydroxyl groups is 11. The molecular formula is C42H74O15. The molecule has 11 unspecified atom stereocenters. The van der Waals surface area contributed by atoms with Gasteiger partial charge in [0.05, 0.1) is 43.2 Å². The molecule has 2 aliphatic heterocycles. The second kappa shape index (κ2) is 16.3. The van der Waals surface area contributed by atoms with Crippen molar-refractivity contribution in [1.82, 2.24) is 0 Å². The molecule has 0 aromatic heterocycles. The van der Waals surface area contributed by atoms with Gasteiger partial charge in [0, 0.05) is 5.41 Å². The van der Waals surface area contributed by atoms with Crippen molar-refractivity contribution in [2.45, 2.75) is 197 Å². The maximum Gasteiger partial charge on any atom is 0.186 e. The molecule has 332 valence electrons. The first kappa shape index (κ1) is 45.9. The quantitative estimate of drug-likeness (QED) is 0.119. The Kier molecular flexibility index (Phi) is 13.1. The molecule has 15 nitrogen and oxygen atoms in total. The van der Waals surface area contributed by atoms with Gasteiger partial charge in [-0.05, 0) is 125 Å². The van der Waals surface area contributed by atoms with Crippen LogP contribution in [-0.4, -0.2) is 161 Å². The lowest BCUT2D eigenvalue weighted by Crippen LogP contribution is -2.66. The third kappa shape index (κ3) is 7.68. The van der Waals surface area contributed by atoms with Gasteiger partial charge >= 0.3 is 0 Å². The minimum absolute atomic E-state index is 0.0277. The Morgan fingerprint density at radius 1 is 0.684 bits per heavy atom. The van der Waals surface area contributed by atoms with Crippen LogP contribution >= 0.6 is 0 Å². The van der Waals surface area contributed by atoms with Crippen molar-refractivity contribution in [1.29, 1.82) is 0 Å². The van der Waals surface area contributed by atoms with Gasteiger partial charge in [0.1, 0.15) is 48.8 Å². The number of hydrogen-bond acceptors (Lipinski definition) is 15. The fourth-order valence-electron chi connectivity index (χ4n) is 13.4. The van der Waals surface area contributed by atoms with E-state index >= 15 is 0 Å². The third-order valence-corrected chi connectivity index (χ3v) is 17.3. The molecule has 0 aromatic carbocycles. The molecule has 2 heterocycles. The fourth-order valence-corrected chi connectivity index (χ4v) is 13.4. The first-order valence-corrected chi connectivity index (χ1v) is 21.4. The smallest absolute Gasteiger partial charge is 0.186 e. The summed E-state index contributed by atoms with van der Waals surface area (Å²) in [7, 11) is 0. The molecule has 0 spiro atoms. The molecule has 6 fully saturated rings. The highest BCUT2D eigenvalue weighted by Crippen LogP contribution is 2.76. The number of aliphatic hydroxyl groups excluding tert-OH is 9. The molecule has 0 aromatic rings. The molecule has 2 saturated heterocycles. The first-order valence-electron chi connectivity index (χ1n) is 21.4. The third-order valence-electron chi connectivity index (χ3n) is 17.3. The Morgan fingerprint density at radius 2 is 1.28 bits per heavy atom. The molecule has 0 bridgehead atoms. The van der Waals surface area contributed by atoms with E-state index in [0.29, 0.717) is 31.1 Å². The minimum Gasteiger partial charge on any atom is -0.396 e. The van der Waals surface area contributed by atoms with Crippen LogP contribution in [0.5, 0.6) is 0 Å². The van der Waals surface area contributed by atoms with Crippen LogP contribution in [0.2, 0.25) is 0 Å². The maximum atomic E-state index is 11.9. The summed E-state index contributed by atoms with van der Waals surface area (Å²) < 4.78 is 23.6. The zero-order valence-electron chi connectivity index (χ0n) is 35.0. The van der Waals surface area contributed by atoms with Gasteiger partial charge in [0.2, 0.25) is 0 Å². The summed E-state index contributed by atoms with van der Waals surface area (Å²) in [6.45, 7) is 13.1. The molecule has 21 atom stereocenters. The van der Waals surface area contributed by atoms with Crippen molar-refractivity contribution < 1.29 is 75.1 Å². The molecule has 4 saturated carbocycles. The number of ether oxygens (including phenoxy) is 4. The van der Waals surface area contributed by atoms with Gasteiger partial charge < -0.3 is 75.1 Å². The lowest BCUT2D eigenvalue weighted by atomic mass is 9.35. The van der Waals surface area contributed by atoms with E-state index in [1.165, 1.54) is 0 Å². The summed E-state index contributed by atoms with van der Waals surface area (Å²) in [5.74, 6) is 0.780. The summed E-state index contributed by atoms with van der Waals surface area (Å²) in [6.07, 6.45) is -9.03. The van der Waals surface area contributed by atoms with Crippen molar-refractivity contribution in [3.05, 3.63) is 0 Å². The van der Waals surface area contributed by atoms with E-state index in [0.717, 1.165) is 44.9 Å². The van der Waals surface area contributed by atoms with E-state index in [1.54, 1.807) is 13.8 Å². The number of fused-ring (bicyclic) bond motifs is 5. The van der Waals surface area contributed by atoms with Crippen LogP contribution < -0.4 is 0 Å². The molecular weight excluding hydrogens is 744 g/mol. The predicted octanol–water partition coefficient (Wildman–Crippen LogP) is 0.316. The lowest BCUT2D eigenvalue weighted by molar-refractivity contribution is -0.347. The Hall–Kier alpha value is -0.600. The van der Waals surface area contributed by atoms with Crippen LogP contribution in [0.25, 0.3) is 0 Å². The van der Waals surface area contributed by atoms with Gasteiger partial charge in [-0.3, -0.25) is 0 Å². The van der Waals surface area contributed by atoms with E-state index < -0.39 is 103 Å². The van der Waals surface area contributed by atoms with Crippen LogP contribution in [0, 0.1) is 45.3 Å². The van der Waals surface area contributed by atoms with E-state index in [4.69, 9.17) is 18.9 Å². The van der Waals surface area contributed by atoms with E-state index in [2.05, 4.69) is 20.8 Å². The molecule has 0 amide bonds. The van der Waals surface area contributed by atoms with E-state index in [1.807, 2.05) is 13.8 Å². The van der Waals surface area contributed by atoms with Gasteiger partial charge in [-0.15, -0.1) is 0 Å². The van der Waals surface area contributed by atoms with Crippen LogP contribution in [0.4, 0.5) is 0 Å². The SMILES string of the molecule is CC(C)(O)C(O)CCC(C)(O)C1CCC2(C)C1CCC1C3(C)CCC(O[C@@H]4O[C@H](CO[C@@H]5O[C@H](CO)[C@@H](O)[C@H](O)[C@H]5O)[C@@H](O)[C@H](O)[C@H]4O)C(C)(CO)C3CCC12C. The second-order valence-electron chi connectivity index (χ2n) is 20.8. The van der Waals surface area contributed by atoms with Gasteiger partial charge in [0.15, 0.2) is 12.6 Å². The normalized spacial score (nSPS) is 52.0. The minimum atomic E-state index is -1.68. The highest BCUT2D eigenvalue weighted by molar-refractivity contribution is 5.19. The highest BCUT2D eigenvalue weighted by Gasteiger charge is 2.70. The van der Waals surface area contributed by atoms with Crippen molar-refractivity contribution in [2.75, 3.05) is 19.8 Å². The second-order valence-corrected chi connectivity index (χ2v) is 20.8. The first-order chi connectivity index (χ1) is 26.4. The average molecular weight is 819 g/mol. The van der Waals surface area contributed by atoms with Gasteiger partial charge in [0.25, 0.3) is 0 Å². The summed E-state index contributed by atoms with van der Waals surface area (Å²) in [5, 5.41) is 117. The topological polar surface area (TPSA) is 259 Å². The summed E-state index contributed by atoms with van der Waals surface area (Å²) >= 11 is 0. The zero-order chi connectivity index (χ0) is 42.3. The Balaban J connectivity index is 1.15. The Morgan fingerprint density at radius 3 is 1.89 bits per heavy atom. The van der Waals surface area contributed by atoms with Crippen LogP contribution in [0.1, 0.15) is 113 Å². The van der Waals surface area contributed by atoms with Gasteiger partial charge in [-0.1, -0.05) is 27.7 Å². The molecule has 6 rings (SSSR count). The largest absolute Gasteiger partial charge is 0.396 e. The van der Waals surface area contributed by atoms with Crippen molar-refractivity contribution in [3.8, 4) is 0 Å². The molecule has 57 heavy (non-hydrogen) atoms. The number of hydrogen-bond donors (Lipinski definition) is 11.